The minimum Gasteiger partial charge on any atom is -0.493 e. The van der Waals surface area contributed by atoms with E-state index in [1.165, 1.54) is 5.56 Å². The molecule has 1 aromatic carbocycles. The van der Waals surface area contributed by atoms with Crippen molar-refractivity contribution in [2.45, 2.75) is 32.6 Å². The molecule has 90 valence electrons. The van der Waals surface area contributed by atoms with Crippen molar-refractivity contribution in [3.8, 4) is 5.75 Å². The van der Waals surface area contributed by atoms with Crippen molar-refractivity contribution in [1.29, 1.82) is 0 Å². The molecule has 0 saturated heterocycles. The molecule has 3 heteroatoms. The Labute approximate surface area is 106 Å². The number of hydrogen-bond donors (Lipinski definition) is 1. The molecule has 0 heterocycles. The molecule has 0 aliphatic carbocycles. The molecule has 0 saturated carbocycles. The summed E-state index contributed by atoms with van der Waals surface area (Å²) in [6.45, 7) is 5.22. The third-order valence-corrected chi connectivity index (χ3v) is 2.90. The van der Waals surface area contributed by atoms with Crippen LogP contribution >= 0.6 is 15.9 Å². The fraction of sp³-hybridized carbons (Fsp3) is 0.538. The van der Waals surface area contributed by atoms with Crippen molar-refractivity contribution in [3.63, 3.8) is 0 Å². The fourth-order valence-corrected chi connectivity index (χ4v) is 1.88. The molecule has 1 rings (SSSR count). The van der Waals surface area contributed by atoms with Gasteiger partial charge in [0, 0.05) is 11.1 Å². The van der Waals surface area contributed by atoms with Gasteiger partial charge in [0.05, 0.1) is 6.61 Å². The monoisotopic (exact) mass is 286 g/mol. The highest BCUT2D eigenvalue weighted by Gasteiger charge is 2.08. The highest BCUT2D eigenvalue weighted by molar-refractivity contribution is 9.10. The van der Waals surface area contributed by atoms with Crippen LogP contribution in [0.3, 0.4) is 0 Å². The first kappa shape index (κ1) is 13.5. The number of hydrogen-bond acceptors (Lipinski definition) is 2. The van der Waals surface area contributed by atoms with E-state index in [0.717, 1.165) is 23.1 Å². The Kier molecular flexibility index (Phi) is 5.85. The molecule has 0 amide bonds. The van der Waals surface area contributed by atoms with Gasteiger partial charge in [-0.05, 0) is 42.5 Å². The van der Waals surface area contributed by atoms with Crippen LogP contribution in [0.1, 0.15) is 38.2 Å². The van der Waals surface area contributed by atoms with Crippen LogP contribution in [0.5, 0.6) is 5.75 Å². The van der Waals surface area contributed by atoms with Crippen LogP contribution < -0.4 is 4.74 Å². The summed E-state index contributed by atoms with van der Waals surface area (Å²) in [5, 5.41) is 8.68. The maximum Gasteiger partial charge on any atom is 0.122 e. The fourth-order valence-electron chi connectivity index (χ4n) is 1.50. The lowest BCUT2D eigenvalue weighted by Crippen LogP contribution is -2.02. The van der Waals surface area contributed by atoms with E-state index in [2.05, 4.69) is 35.8 Å². The first-order chi connectivity index (χ1) is 7.65. The summed E-state index contributed by atoms with van der Waals surface area (Å²) in [5.74, 6) is 1.40. The van der Waals surface area contributed by atoms with Crippen LogP contribution in [-0.2, 0) is 0 Å². The zero-order chi connectivity index (χ0) is 12.0. The van der Waals surface area contributed by atoms with E-state index in [1.807, 2.05) is 12.1 Å². The molecular weight excluding hydrogens is 268 g/mol. The van der Waals surface area contributed by atoms with Gasteiger partial charge in [-0.15, -0.1) is 0 Å². The van der Waals surface area contributed by atoms with Crippen molar-refractivity contribution >= 4 is 15.9 Å². The summed E-state index contributed by atoms with van der Waals surface area (Å²) in [5.41, 5.74) is 1.22. The number of ether oxygens (including phenoxy) is 1. The number of rotatable bonds is 6. The lowest BCUT2D eigenvalue weighted by molar-refractivity contribution is 0.252. The third-order valence-electron chi connectivity index (χ3n) is 2.40. The standard InChI is InChI=1S/C13H19BrO2/c1-10(2)12-9-11(14)5-6-13(12)16-8-4-3-7-15/h5-6,9-10,15H,3-4,7-8H2,1-2H3. The van der Waals surface area contributed by atoms with Gasteiger partial charge >= 0.3 is 0 Å². The van der Waals surface area contributed by atoms with Crippen LogP contribution in [0.4, 0.5) is 0 Å². The second-order valence-corrected chi connectivity index (χ2v) is 5.03. The first-order valence-corrected chi connectivity index (χ1v) is 6.47. The van der Waals surface area contributed by atoms with E-state index >= 15 is 0 Å². The minimum absolute atomic E-state index is 0.237. The molecule has 0 fully saturated rings. The van der Waals surface area contributed by atoms with Crippen LogP contribution in [-0.4, -0.2) is 18.3 Å². The normalized spacial score (nSPS) is 10.8. The Morgan fingerprint density at radius 1 is 1.31 bits per heavy atom. The maximum absolute atomic E-state index is 8.68. The van der Waals surface area contributed by atoms with Crippen LogP contribution in [0, 0.1) is 0 Å². The molecule has 2 nitrogen and oxygen atoms in total. The van der Waals surface area contributed by atoms with Crippen molar-refractivity contribution in [2.75, 3.05) is 13.2 Å². The second-order valence-electron chi connectivity index (χ2n) is 4.12. The van der Waals surface area contributed by atoms with Crippen molar-refractivity contribution < 1.29 is 9.84 Å². The third kappa shape index (κ3) is 4.14. The number of benzene rings is 1. The highest BCUT2D eigenvalue weighted by atomic mass is 79.9. The molecule has 0 aliphatic rings. The molecule has 16 heavy (non-hydrogen) atoms. The van der Waals surface area contributed by atoms with Gasteiger partial charge in [0.1, 0.15) is 5.75 Å². The summed E-state index contributed by atoms with van der Waals surface area (Å²) < 4.78 is 6.81. The number of aliphatic hydroxyl groups excluding tert-OH is 1. The SMILES string of the molecule is CC(C)c1cc(Br)ccc1OCCCCO. The van der Waals surface area contributed by atoms with E-state index in [-0.39, 0.29) is 6.61 Å². The van der Waals surface area contributed by atoms with Gasteiger partial charge in [0.2, 0.25) is 0 Å². The van der Waals surface area contributed by atoms with E-state index in [4.69, 9.17) is 9.84 Å². The Morgan fingerprint density at radius 3 is 2.69 bits per heavy atom. The number of halogens is 1. The van der Waals surface area contributed by atoms with Gasteiger partial charge in [0.25, 0.3) is 0 Å². The average Bonchev–Trinajstić information content (AvgIpc) is 2.26. The van der Waals surface area contributed by atoms with Gasteiger partial charge in [-0.3, -0.25) is 0 Å². The molecular formula is C13H19BrO2. The molecule has 0 atom stereocenters. The zero-order valence-corrected chi connectivity index (χ0v) is 11.5. The van der Waals surface area contributed by atoms with Crippen molar-refractivity contribution in [2.24, 2.45) is 0 Å². The Balaban J connectivity index is 2.64. The Bertz CT molecular complexity index is 324. The molecule has 0 aromatic heterocycles. The lowest BCUT2D eigenvalue weighted by Gasteiger charge is -2.14. The van der Waals surface area contributed by atoms with Gasteiger partial charge in [-0.25, -0.2) is 0 Å². The largest absolute Gasteiger partial charge is 0.493 e. The number of unbranched alkanes of at least 4 members (excludes halogenated alkanes) is 1. The van der Waals surface area contributed by atoms with Crippen LogP contribution in [0.2, 0.25) is 0 Å². The lowest BCUT2D eigenvalue weighted by atomic mass is 10.0. The van der Waals surface area contributed by atoms with Crippen LogP contribution in [0.15, 0.2) is 22.7 Å². The Hall–Kier alpha value is -0.540. The van der Waals surface area contributed by atoms with Gasteiger partial charge in [0.15, 0.2) is 0 Å². The van der Waals surface area contributed by atoms with Gasteiger partial charge < -0.3 is 9.84 Å². The first-order valence-electron chi connectivity index (χ1n) is 5.68. The summed E-state index contributed by atoms with van der Waals surface area (Å²) >= 11 is 3.47. The second kappa shape index (κ2) is 6.92. The molecule has 0 unspecified atom stereocenters. The molecule has 0 bridgehead atoms. The van der Waals surface area contributed by atoms with Gasteiger partial charge in [-0.2, -0.15) is 0 Å². The minimum atomic E-state index is 0.237. The van der Waals surface area contributed by atoms with Gasteiger partial charge in [-0.1, -0.05) is 29.8 Å². The van der Waals surface area contributed by atoms with E-state index in [1.54, 1.807) is 0 Å². The summed E-state index contributed by atoms with van der Waals surface area (Å²) in [4.78, 5) is 0. The molecule has 0 spiro atoms. The summed E-state index contributed by atoms with van der Waals surface area (Å²) in [7, 11) is 0. The van der Waals surface area contributed by atoms with Crippen molar-refractivity contribution in [3.05, 3.63) is 28.2 Å². The molecule has 0 radical (unpaired) electrons. The smallest absolute Gasteiger partial charge is 0.122 e. The molecule has 1 N–H and O–H groups in total. The zero-order valence-electron chi connectivity index (χ0n) is 9.87. The van der Waals surface area contributed by atoms with E-state index in [9.17, 15) is 0 Å². The quantitative estimate of drug-likeness (QED) is 0.808. The summed E-state index contributed by atoms with van der Waals surface area (Å²) in [6, 6.07) is 6.09. The van der Waals surface area contributed by atoms with E-state index < -0.39 is 0 Å². The van der Waals surface area contributed by atoms with Crippen molar-refractivity contribution in [1.82, 2.24) is 0 Å². The summed E-state index contributed by atoms with van der Waals surface area (Å²) in [6.07, 6.45) is 1.69. The van der Waals surface area contributed by atoms with Crippen LogP contribution in [0.25, 0.3) is 0 Å². The number of aliphatic hydroxyl groups is 1. The predicted molar refractivity (Wildman–Crippen MR) is 70.0 cm³/mol. The average molecular weight is 287 g/mol. The maximum atomic E-state index is 8.68. The Morgan fingerprint density at radius 2 is 2.06 bits per heavy atom. The molecule has 0 aliphatic heterocycles. The molecule has 1 aromatic rings. The predicted octanol–water partition coefficient (Wildman–Crippen LogP) is 3.72. The highest BCUT2D eigenvalue weighted by Crippen LogP contribution is 2.29. The topological polar surface area (TPSA) is 29.5 Å². The van der Waals surface area contributed by atoms with E-state index in [0.29, 0.717) is 12.5 Å².